The first-order valence-corrected chi connectivity index (χ1v) is 7.90. The minimum atomic E-state index is 0.108. The van der Waals surface area contributed by atoms with E-state index < -0.39 is 0 Å². The van der Waals surface area contributed by atoms with Gasteiger partial charge in [0.05, 0.1) is 6.61 Å². The van der Waals surface area contributed by atoms with Crippen LogP contribution in [0.3, 0.4) is 0 Å². The van der Waals surface area contributed by atoms with Gasteiger partial charge in [-0.15, -0.1) is 0 Å². The van der Waals surface area contributed by atoms with Crippen LogP contribution in [0.15, 0.2) is 48.5 Å². The van der Waals surface area contributed by atoms with Crippen LogP contribution in [-0.4, -0.2) is 17.8 Å². The second-order valence-corrected chi connectivity index (χ2v) is 5.56. The Labute approximate surface area is 136 Å². The number of halogens is 1. The highest BCUT2D eigenvalue weighted by molar-refractivity contribution is 6.31. The molecule has 0 heterocycles. The van der Waals surface area contributed by atoms with Crippen LogP contribution < -0.4 is 10.1 Å². The van der Waals surface area contributed by atoms with E-state index in [0.717, 1.165) is 23.3 Å². The molecule has 0 saturated carbocycles. The topological polar surface area (TPSA) is 41.5 Å². The largest absolute Gasteiger partial charge is 0.489 e. The molecule has 0 radical (unpaired) electrons. The van der Waals surface area contributed by atoms with E-state index in [1.54, 1.807) is 0 Å². The van der Waals surface area contributed by atoms with Crippen LogP contribution in [-0.2, 0) is 13.2 Å². The van der Waals surface area contributed by atoms with Crippen molar-refractivity contribution in [1.29, 1.82) is 0 Å². The first-order chi connectivity index (χ1) is 10.7. The molecule has 3 nitrogen and oxygen atoms in total. The van der Waals surface area contributed by atoms with Crippen molar-refractivity contribution >= 4 is 11.6 Å². The minimum absolute atomic E-state index is 0.108. The van der Waals surface area contributed by atoms with E-state index in [2.05, 4.69) is 5.32 Å². The highest BCUT2D eigenvalue weighted by Crippen LogP contribution is 2.22. The van der Waals surface area contributed by atoms with Gasteiger partial charge in [0.1, 0.15) is 12.4 Å². The van der Waals surface area contributed by atoms with Crippen LogP contribution in [0.4, 0.5) is 0 Å². The monoisotopic (exact) mass is 319 g/mol. The number of hydrogen-bond donors (Lipinski definition) is 2. The van der Waals surface area contributed by atoms with Gasteiger partial charge < -0.3 is 15.2 Å². The zero-order valence-corrected chi connectivity index (χ0v) is 13.5. The summed E-state index contributed by atoms with van der Waals surface area (Å²) < 4.78 is 5.92. The maximum Gasteiger partial charge on any atom is 0.124 e. The first-order valence-electron chi connectivity index (χ1n) is 7.53. The predicted molar refractivity (Wildman–Crippen MR) is 90.2 cm³/mol. The number of rotatable bonds is 8. The van der Waals surface area contributed by atoms with Crippen LogP contribution >= 0.6 is 11.6 Å². The molecule has 0 saturated heterocycles. The zero-order chi connectivity index (χ0) is 15.8. The fraction of sp³-hybridized carbons (Fsp3) is 0.333. The lowest BCUT2D eigenvalue weighted by Gasteiger charge is -2.16. The average Bonchev–Trinajstić information content (AvgIpc) is 2.56. The molecule has 0 aliphatic carbocycles. The summed E-state index contributed by atoms with van der Waals surface area (Å²) in [5.41, 5.74) is 2.04. The molecule has 0 bridgehead atoms. The third-order valence-corrected chi connectivity index (χ3v) is 3.98. The Hall–Kier alpha value is -1.55. The van der Waals surface area contributed by atoms with Crippen molar-refractivity contribution in [2.24, 2.45) is 0 Å². The second kappa shape index (κ2) is 8.79. The maximum atomic E-state index is 9.25. The number of aliphatic hydroxyl groups excluding tert-OH is 1. The van der Waals surface area contributed by atoms with Crippen LogP contribution in [0.1, 0.15) is 24.5 Å². The van der Waals surface area contributed by atoms with E-state index in [9.17, 15) is 5.11 Å². The number of benzene rings is 2. The van der Waals surface area contributed by atoms with Crippen molar-refractivity contribution in [3.63, 3.8) is 0 Å². The highest BCUT2D eigenvalue weighted by Gasteiger charge is 2.08. The van der Waals surface area contributed by atoms with Gasteiger partial charge in [0.25, 0.3) is 0 Å². The lowest BCUT2D eigenvalue weighted by Crippen LogP contribution is -2.31. The van der Waals surface area contributed by atoms with Crippen molar-refractivity contribution in [3.8, 4) is 5.75 Å². The minimum Gasteiger partial charge on any atom is -0.489 e. The smallest absolute Gasteiger partial charge is 0.124 e. The van der Waals surface area contributed by atoms with Gasteiger partial charge in [-0.2, -0.15) is 0 Å². The van der Waals surface area contributed by atoms with E-state index in [0.29, 0.717) is 18.2 Å². The Bertz CT molecular complexity index is 585. The molecular formula is C18H22ClNO2. The Morgan fingerprint density at radius 1 is 1.09 bits per heavy atom. The molecule has 0 aliphatic rings. The van der Waals surface area contributed by atoms with Gasteiger partial charge in [-0.1, -0.05) is 54.9 Å². The Morgan fingerprint density at radius 3 is 2.45 bits per heavy atom. The molecule has 0 aromatic heterocycles. The molecule has 1 atom stereocenters. The summed E-state index contributed by atoms with van der Waals surface area (Å²) in [5.74, 6) is 0.836. The molecule has 0 fully saturated rings. The van der Waals surface area contributed by atoms with Gasteiger partial charge in [-0.3, -0.25) is 0 Å². The molecule has 22 heavy (non-hydrogen) atoms. The van der Waals surface area contributed by atoms with Crippen molar-refractivity contribution < 1.29 is 9.84 Å². The molecule has 0 aliphatic heterocycles. The van der Waals surface area contributed by atoms with E-state index in [1.165, 1.54) is 0 Å². The molecule has 0 amide bonds. The molecule has 0 spiro atoms. The summed E-state index contributed by atoms with van der Waals surface area (Å²) in [5, 5.41) is 13.3. The van der Waals surface area contributed by atoms with Crippen molar-refractivity contribution in [2.75, 3.05) is 6.61 Å². The zero-order valence-electron chi connectivity index (χ0n) is 12.8. The van der Waals surface area contributed by atoms with Crippen LogP contribution in [0, 0.1) is 0 Å². The molecule has 118 valence electrons. The fourth-order valence-electron chi connectivity index (χ4n) is 2.15. The van der Waals surface area contributed by atoms with E-state index in [-0.39, 0.29) is 12.6 Å². The number of aliphatic hydroxyl groups is 1. The molecule has 2 aromatic carbocycles. The molecule has 2 aromatic rings. The number of ether oxygens (including phenoxy) is 1. The summed E-state index contributed by atoms with van der Waals surface area (Å²) in [6, 6.07) is 15.7. The average molecular weight is 320 g/mol. The third kappa shape index (κ3) is 4.73. The second-order valence-electron chi connectivity index (χ2n) is 5.16. The normalized spacial score (nSPS) is 12.1. The van der Waals surface area contributed by atoms with Gasteiger partial charge in [-0.05, 0) is 18.6 Å². The predicted octanol–water partition coefficient (Wildman–Crippen LogP) is 3.78. The van der Waals surface area contributed by atoms with Gasteiger partial charge in [0.2, 0.25) is 0 Å². The Morgan fingerprint density at radius 2 is 1.77 bits per heavy atom. The van der Waals surface area contributed by atoms with Gasteiger partial charge in [0.15, 0.2) is 0 Å². The maximum absolute atomic E-state index is 9.25. The van der Waals surface area contributed by atoms with Gasteiger partial charge in [0, 0.05) is 28.7 Å². The lowest BCUT2D eigenvalue weighted by molar-refractivity contribution is 0.237. The third-order valence-electron chi connectivity index (χ3n) is 3.61. The van der Waals surface area contributed by atoms with Crippen LogP contribution in [0.25, 0.3) is 0 Å². The lowest BCUT2D eigenvalue weighted by atomic mass is 10.1. The van der Waals surface area contributed by atoms with E-state index in [4.69, 9.17) is 16.3 Å². The Kier molecular flexibility index (Phi) is 6.72. The van der Waals surface area contributed by atoms with Crippen LogP contribution in [0.2, 0.25) is 5.02 Å². The summed E-state index contributed by atoms with van der Waals surface area (Å²) in [6.45, 7) is 3.29. The van der Waals surface area contributed by atoms with E-state index in [1.807, 2.05) is 55.5 Å². The SMILES string of the molecule is CC[C@H](CO)NCc1ccccc1OCc1ccccc1Cl. The number of para-hydroxylation sites is 1. The number of hydrogen-bond acceptors (Lipinski definition) is 3. The molecule has 2 rings (SSSR count). The Balaban J connectivity index is 2.00. The molecule has 2 N–H and O–H groups in total. The van der Waals surface area contributed by atoms with Crippen molar-refractivity contribution in [1.82, 2.24) is 5.32 Å². The molecule has 0 unspecified atom stereocenters. The van der Waals surface area contributed by atoms with Crippen molar-refractivity contribution in [2.45, 2.75) is 32.5 Å². The van der Waals surface area contributed by atoms with Gasteiger partial charge >= 0.3 is 0 Å². The summed E-state index contributed by atoms with van der Waals surface area (Å²) in [6.07, 6.45) is 0.888. The summed E-state index contributed by atoms with van der Waals surface area (Å²) in [7, 11) is 0. The molecule has 4 heteroatoms. The quantitative estimate of drug-likeness (QED) is 0.778. The summed E-state index contributed by atoms with van der Waals surface area (Å²) in [4.78, 5) is 0. The highest BCUT2D eigenvalue weighted by atomic mass is 35.5. The summed E-state index contributed by atoms with van der Waals surface area (Å²) >= 11 is 6.15. The molecular weight excluding hydrogens is 298 g/mol. The fourth-order valence-corrected chi connectivity index (χ4v) is 2.34. The number of nitrogens with one attached hydrogen (secondary N) is 1. The van der Waals surface area contributed by atoms with Crippen molar-refractivity contribution in [3.05, 3.63) is 64.7 Å². The van der Waals surface area contributed by atoms with E-state index >= 15 is 0 Å². The van der Waals surface area contributed by atoms with Crippen LogP contribution in [0.5, 0.6) is 5.75 Å². The van der Waals surface area contributed by atoms with Gasteiger partial charge in [-0.25, -0.2) is 0 Å². The first kappa shape index (κ1) is 16.8. The standard InChI is InChI=1S/C18H22ClNO2/c1-2-16(12-21)20-11-14-7-4-6-10-18(14)22-13-15-8-3-5-9-17(15)19/h3-10,16,20-21H,2,11-13H2,1H3/t16-/m1/s1.